The molecule has 0 aliphatic heterocycles. The van der Waals surface area contributed by atoms with E-state index in [0.717, 1.165) is 19.5 Å². The third-order valence-electron chi connectivity index (χ3n) is 4.39. The Bertz CT molecular complexity index is 1270. The van der Waals surface area contributed by atoms with Crippen LogP contribution >= 0.6 is 15.9 Å². The molecular formula is C20H17BrN6O3. The van der Waals surface area contributed by atoms with Gasteiger partial charge in [0.1, 0.15) is 11.4 Å². The SMILES string of the molecule is CCOc1cccc(-n2nnn(C)c2=O)c1C(=O)c1ccn(-c2ccc(Br)cc2)n1. The molecule has 0 saturated heterocycles. The highest BCUT2D eigenvalue weighted by Crippen LogP contribution is 2.27. The molecule has 0 atom stereocenters. The highest BCUT2D eigenvalue weighted by atomic mass is 79.9. The second-order valence-electron chi connectivity index (χ2n) is 6.33. The lowest BCUT2D eigenvalue weighted by Gasteiger charge is -2.12. The highest BCUT2D eigenvalue weighted by molar-refractivity contribution is 9.10. The van der Waals surface area contributed by atoms with Crippen LogP contribution in [0.2, 0.25) is 0 Å². The molecular weight excluding hydrogens is 452 g/mol. The van der Waals surface area contributed by atoms with Crippen LogP contribution in [0.5, 0.6) is 5.75 Å². The first kappa shape index (κ1) is 19.8. The minimum atomic E-state index is -0.474. The van der Waals surface area contributed by atoms with Crippen LogP contribution in [0.4, 0.5) is 0 Å². The quantitative estimate of drug-likeness (QED) is 0.403. The molecule has 0 amide bonds. The summed E-state index contributed by atoms with van der Waals surface area (Å²) in [5.41, 5.74) is 1.02. The van der Waals surface area contributed by atoms with Crippen molar-refractivity contribution >= 4 is 21.7 Å². The van der Waals surface area contributed by atoms with Crippen molar-refractivity contribution in [2.24, 2.45) is 7.05 Å². The fourth-order valence-electron chi connectivity index (χ4n) is 2.98. The topological polar surface area (TPSA) is 96.8 Å². The van der Waals surface area contributed by atoms with Crippen LogP contribution < -0.4 is 10.4 Å². The van der Waals surface area contributed by atoms with E-state index in [9.17, 15) is 9.59 Å². The zero-order chi connectivity index (χ0) is 21.3. The Balaban J connectivity index is 1.81. The molecule has 0 bridgehead atoms. The van der Waals surface area contributed by atoms with Crippen LogP contribution in [0.25, 0.3) is 11.4 Å². The van der Waals surface area contributed by atoms with E-state index in [4.69, 9.17) is 4.74 Å². The van der Waals surface area contributed by atoms with E-state index in [2.05, 4.69) is 31.5 Å². The van der Waals surface area contributed by atoms with Crippen molar-refractivity contribution in [1.29, 1.82) is 0 Å². The molecule has 2 aromatic heterocycles. The lowest BCUT2D eigenvalue weighted by atomic mass is 10.0. The van der Waals surface area contributed by atoms with E-state index in [0.29, 0.717) is 12.4 Å². The van der Waals surface area contributed by atoms with Crippen molar-refractivity contribution in [2.75, 3.05) is 6.61 Å². The van der Waals surface area contributed by atoms with Crippen LogP contribution in [0.3, 0.4) is 0 Å². The summed E-state index contributed by atoms with van der Waals surface area (Å²) in [4.78, 5) is 25.8. The van der Waals surface area contributed by atoms with Gasteiger partial charge in [-0.25, -0.2) is 9.48 Å². The second kappa shape index (κ2) is 8.07. The molecule has 0 unspecified atom stereocenters. The maximum absolute atomic E-state index is 13.4. The Morgan fingerprint density at radius 2 is 1.87 bits per heavy atom. The number of ether oxygens (including phenoxy) is 1. The third kappa shape index (κ3) is 3.57. The highest BCUT2D eigenvalue weighted by Gasteiger charge is 2.24. The number of aryl methyl sites for hydroxylation is 1. The molecule has 4 aromatic rings. The van der Waals surface area contributed by atoms with E-state index in [-0.39, 0.29) is 22.7 Å². The van der Waals surface area contributed by atoms with Crippen LogP contribution in [-0.2, 0) is 7.05 Å². The molecule has 0 spiro atoms. The molecule has 152 valence electrons. The molecule has 2 aromatic carbocycles. The number of carbonyl (C=O) groups excluding carboxylic acids is 1. The van der Waals surface area contributed by atoms with Gasteiger partial charge >= 0.3 is 5.69 Å². The summed E-state index contributed by atoms with van der Waals surface area (Å²) < 4.78 is 10.4. The molecule has 0 radical (unpaired) electrons. The molecule has 9 nitrogen and oxygen atoms in total. The van der Waals surface area contributed by atoms with Gasteiger partial charge in [0, 0.05) is 17.7 Å². The predicted octanol–water partition coefficient (Wildman–Crippen LogP) is 2.54. The Morgan fingerprint density at radius 1 is 1.10 bits per heavy atom. The fourth-order valence-corrected chi connectivity index (χ4v) is 3.24. The summed E-state index contributed by atoms with van der Waals surface area (Å²) in [7, 11) is 1.49. The van der Waals surface area contributed by atoms with Gasteiger partial charge in [-0.2, -0.15) is 14.5 Å². The number of aromatic nitrogens is 6. The number of tetrazole rings is 1. The predicted molar refractivity (Wildman–Crippen MR) is 112 cm³/mol. The lowest BCUT2D eigenvalue weighted by molar-refractivity contribution is 0.103. The Morgan fingerprint density at radius 3 is 2.53 bits per heavy atom. The van der Waals surface area contributed by atoms with Crippen LogP contribution in [0.1, 0.15) is 23.0 Å². The summed E-state index contributed by atoms with van der Waals surface area (Å²) in [6.45, 7) is 2.17. The maximum Gasteiger partial charge on any atom is 0.368 e. The minimum absolute atomic E-state index is 0.197. The van der Waals surface area contributed by atoms with E-state index < -0.39 is 5.69 Å². The van der Waals surface area contributed by atoms with E-state index in [1.54, 1.807) is 35.1 Å². The molecule has 0 aliphatic rings. The molecule has 2 heterocycles. The standard InChI is InChI=1S/C20H17BrN6O3/c1-3-30-17-6-4-5-16(27-20(29)25(2)23-24-27)18(17)19(28)15-11-12-26(22-15)14-9-7-13(21)8-10-14/h4-12H,3H2,1-2H3. The molecule has 0 saturated carbocycles. The molecule has 0 N–H and O–H groups in total. The van der Waals surface area contributed by atoms with Gasteiger partial charge < -0.3 is 4.74 Å². The fraction of sp³-hybridized carbons (Fsp3) is 0.150. The van der Waals surface area contributed by atoms with E-state index >= 15 is 0 Å². The summed E-state index contributed by atoms with van der Waals surface area (Å²) in [6.07, 6.45) is 1.70. The number of hydrogen-bond donors (Lipinski definition) is 0. The minimum Gasteiger partial charge on any atom is -0.493 e. The zero-order valence-electron chi connectivity index (χ0n) is 16.2. The summed E-state index contributed by atoms with van der Waals surface area (Å²) in [5, 5.41) is 12.0. The molecule has 0 aliphatic carbocycles. The van der Waals surface area contributed by atoms with Crippen LogP contribution in [-0.4, -0.2) is 42.0 Å². The summed E-state index contributed by atoms with van der Waals surface area (Å²) in [5.74, 6) is -0.0433. The van der Waals surface area contributed by atoms with Crippen LogP contribution in [0.15, 0.2) is 64.0 Å². The van der Waals surface area contributed by atoms with Gasteiger partial charge in [0.2, 0.25) is 5.78 Å². The van der Waals surface area contributed by atoms with Crippen molar-refractivity contribution in [3.8, 4) is 17.1 Å². The molecule has 0 fully saturated rings. The van der Waals surface area contributed by atoms with E-state index in [1.807, 2.05) is 31.2 Å². The van der Waals surface area contributed by atoms with Crippen molar-refractivity contribution in [3.63, 3.8) is 0 Å². The smallest absolute Gasteiger partial charge is 0.368 e. The van der Waals surface area contributed by atoms with Gasteiger partial charge in [0.25, 0.3) is 0 Å². The number of halogens is 1. The van der Waals surface area contributed by atoms with Crippen molar-refractivity contribution < 1.29 is 9.53 Å². The summed E-state index contributed by atoms with van der Waals surface area (Å²) >= 11 is 3.40. The van der Waals surface area contributed by atoms with Gasteiger partial charge in [0.15, 0.2) is 0 Å². The van der Waals surface area contributed by atoms with Crippen molar-refractivity contribution in [2.45, 2.75) is 6.92 Å². The van der Waals surface area contributed by atoms with Crippen LogP contribution in [0, 0.1) is 0 Å². The first-order chi connectivity index (χ1) is 14.5. The number of carbonyl (C=O) groups is 1. The third-order valence-corrected chi connectivity index (χ3v) is 4.92. The number of hydrogen-bond acceptors (Lipinski definition) is 6. The van der Waals surface area contributed by atoms with Crippen molar-refractivity contribution in [1.82, 2.24) is 29.6 Å². The Labute approximate surface area is 179 Å². The zero-order valence-corrected chi connectivity index (χ0v) is 17.8. The second-order valence-corrected chi connectivity index (χ2v) is 7.25. The first-order valence-electron chi connectivity index (χ1n) is 9.11. The van der Waals surface area contributed by atoms with Gasteiger partial charge in [-0.15, -0.1) is 0 Å². The number of benzene rings is 2. The average molecular weight is 469 g/mol. The van der Waals surface area contributed by atoms with E-state index in [1.165, 1.54) is 7.05 Å². The monoisotopic (exact) mass is 468 g/mol. The molecule has 4 rings (SSSR count). The van der Waals surface area contributed by atoms with Crippen molar-refractivity contribution in [3.05, 3.63) is 80.9 Å². The van der Waals surface area contributed by atoms with Gasteiger partial charge in [-0.1, -0.05) is 22.0 Å². The summed E-state index contributed by atoms with van der Waals surface area (Å²) in [6, 6.07) is 14.1. The molecule has 10 heteroatoms. The Kier molecular flexibility index (Phi) is 5.32. The van der Waals surface area contributed by atoms with Gasteiger partial charge in [-0.05, 0) is 59.8 Å². The lowest BCUT2D eigenvalue weighted by Crippen LogP contribution is -2.24. The number of rotatable bonds is 6. The first-order valence-corrected chi connectivity index (χ1v) is 9.90. The largest absolute Gasteiger partial charge is 0.493 e. The average Bonchev–Trinajstić information content (AvgIpc) is 3.36. The molecule has 30 heavy (non-hydrogen) atoms. The van der Waals surface area contributed by atoms with Gasteiger partial charge in [-0.3, -0.25) is 4.79 Å². The number of ketones is 1. The Hall–Kier alpha value is -3.53. The maximum atomic E-state index is 13.4. The number of nitrogens with zero attached hydrogens (tertiary/aromatic N) is 6. The normalized spacial score (nSPS) is 10.9. The van der Waals surface area contributed by atoms with Gasteiger partial charge in [0.05, 0.1) is 23.5 Å².